The van der Waals surface area contributed by atoms with Crippen molar-refractivity contribution in [3.63, 3.8) is 0 Å². The molecule has 2 aliphatic rings. The number of carbonyl (C=O) groups is 3. The van der Waals surface area contributed by atoms with Crippen LogP contribution in [-0.2, 0) is 38.8 Å². The fourth-order valence-corrected chi connectivity index (χ4v) is 2.87. The smallest absolute Gasteiger partial charge is 0.340 e. The second-order valence-corrected chi connectivity index (χ2v) is 5.91. The zero-order valence-electron chi connectivity index (χ0n) is 13.7. The van der Waals surface area contributed by atoms with Gasteiger partial charge in [-0.15, -0.1) is 0 Å². The van der Waals surface area contributed by atoms with Gasteiger partial charge >= 0.3 is 17.9 Å². The first-order chi connectivity index (χ1) is 12.6. The first-order valence-electron chi connectivity index (χ1n) is 7.95. The summed E-state index contributed by atoms with van der Waals surface area (Å²) in [5.41, 5.74) is 3.71. The van der Waals surface area contributed by atoms with Crippen molar-refractivity contribution in [2.24, 2.45) is 0 Å². The second-order valence-electron chi connectivity index (χ2n) is 5.91. The van der Waals surface area contributed by atoms with Gasteiger partial charge in [-0.25, -0.2) is 14.4 Å². The third kappa shape index (κ3) is 4.04. The summed E-state index contributed by atoms with van der Waals surface area (Å²) in [5, 5.41) is 0. The zero-order valence-corrected chi connectivity index (χ0v) is 13.7. The van der Waals surface area contributed by atoms with Gasteiger partial charge in [0, 0.05) is 11.1 Å². The lowest BCUT2D eigenvalue weighted by Gasteiger charge is -2.07. The molecule has 2 aliphatic heterocycles. The average Bonchev–Trinajstić information content (AvgIpc) is 3.21. The van der Waals surface area contributed by atoms with E-state index in [9.17, 15) is 14.4 Å². The number of rotatable bonds is 5. The van der Waals surface area contributed by atoms with Crippen LogP contribution in [0.5, 0.6) is 0 Å². The van der Waals surface area contributed by atoms with Crippen LogP contribution in [0.4, 0.5) is 0 Å². The van der Waals surface area contributed by atoms with E-state index in [-0.39, 0.29) is 53.4 Å². The largest absolute Gasteiger partial charge is 0.457 e. The number of hydrogen-bond acceptors (Lipinski definition) is 7. The molecule has 0 fully saturated rings. The van der Waals surface area contributed by atoms with E-state index >= 15 is 0 Å². The first-order valence-corrected chi connectivity index (χ1v) is 7.95. The summed E-state index contributed by atoms with van der Waals surface area (Å²) in [6.45, 7) is 0.455. The molecule has 0 saturated heterocycles. The van der Waals surface area contributed by atoms with Gasteiger partial charge in [0.15, 0.2) is 6.79 Å². The minimum atomic E-state index is -0.542. The molecule has 2 aromatic carbocycles. The van der Waals surface area contributed by atoms with Crippen molar-refractivity contribution in [3.8, 4) is 0 Å². The highest BCUT2D eigenvalue weighted by atomic mass is 16.7. The van der Waals surface area contributed by atoms with E-state index in [0.717, 1.165) is 11.1 Å². The third-order valence-corrected chi connectivity index (χ3v) is 4.21. The van der Waals surface area contributed by atoms with Crippen molar-refractivity contribution in [3.05, 3.63) is 69.8 Å². The molecular formula is C21H22O7. The minimum Gasteiger partial charge on any atom is -0.457 e. The highest BCUT2D eigenvalue weighted by Gasteiger charge is 2.23. The number of esters is 3. The van der Waals surface area contributed by atoms with Gasteiger partial charge in [0.2, 0.25) is 0 Å². The Labute approximate surface area is 163 Å². The Morgan fingerprint density at radius 2 is 1.50 bits per heavy atom. The molecule has 2 aromatic rings. The molecule has 0 bridgehead atoms. The molecule has 7 nitrogen and oxygen atoms in total. The Morgan fingerprint density at radius 3 is 2.18 bits per heavy atom. The summed E-state index contributed by atoms with van der Waals surface area (Å²) in [6, 6.07) is 9.95. The van der Waals surface area contributed by atoms with Gasteiger partial charge < -0.3 is 18.9 Å². The summed E-state index contributed by atoms with van der Waals surface area (Å²) in [5.74, 6) is -1.24. The SMILES string of the molecule is C.C.O=C(OCOCc1ccc2c(c1)COC2=O)c1ccc2c(c1)COC2=O. The molecule has 0 unspecified atom stereocenters. The van der Waals surface area contributed by atoms with Crippen LogP contribution in [0.1, 0.15) is 62.6 Å². The standard InChI is InChI=1S/C19H14O7.2CH4/c20-17(12-2-4-16-14(6-12)9-25-19(16)22)26-10-23-7-11-1-3-15-13(5-11)8-24-18(15)21;;/h1-6H,7-10H2;2*1H4. The maximum Gasteiger partial charge on any atom is 0.340 e. The van der Waals surface area contributed by atoms with Gasteiger partial charge in [0.1, 0.15) is 13.2 Å². The number of cyclic esters (lactones) is 2. The van der Waals surface area contributed by atoms with Crippen molar-refractivity contribution < 1.29 is 33.3 Å². The van der Waals surface area contributed by atoms with Crippen LogP contribution in [0.15, 0.2) is 36.4 Å². The fourth-order valence-electron chi connectivity index (χ4n) is 2.87. The number of ether oxygens (including phenoxy) is 4. The first kappa shape index (κ1) is 21.1. The van der Waals surface area contributed by atoms with E-state index in [2.05, 4.69) is 0 Å². The third-order valence-electron chi connectivity index (χ3n) is 4.21. The van der Waals surface area contributed by atoms with E-state index in [4.69, 9.17) is 18.9 Å². The van der Waals surface area contributed by atoms with E-state index in [1.165, 1.54) is 6.07 Å². The predicted molar refractivity (Wildman–Crippen MR) is 99.7 cm³/mol. The van der Waals surface area contributed by atoms with Gasteiger partial charge in [0.25, 0.3) is 0 Å². The van der Waals surface area contributed by atoms with Gasteiger partial charge in [-0.3, -0.25) is 0 Å². The lowest BCUT2D eigenvalue weighted by atomic mass is 10.1. The van der Waals surface area contributed by atoms with Crippen LogP contribution in [0.3, 0.4) is 0 Å². The fraction of sp³-hybridized carbons (Fsp3) is 0.286. The van der Waals surface area contributed by atoms with E-state index in [1.54, 1.807) is 24.3 Å². The maximum absolute atomic E-state index is 12.0. The monoisotopic (exact) mass is 386 g/mol. The van der Waals surface area contributed by atoms with E-state index in [1.807, 2.05) is 6.07 Å². The molecule has 0 atom stereocenters. The molecule has 0 radical (unpaired) electrons. The Hall–Kier alpha value is -3.19. The molecule has 0 aromatic heterocycles. The van der Waals surface area contributed by atoms with Crippen molar-refractivity contribution >= 4 is 17.9 Å². The molecule has 0 N–H and O–H groups in total. The highest BCUT2D eigenvalue weighted by molar-refractivity contribution is 5.96. The van der Waals surface area contributed by atoms with Crippen molar-refractivity contribution in [2.45, 2.75) is 34.7 Å². The lowest BCUT2D eigenvalue weighted by molar-refractivity contribution is -0.0381. The van der Waals surface area contributed by atoms with Crippen LogP contribution < -0.4 is 0 Å². The van der Waals surface area contributed by atoms with Gasteiger partial charge in [-0.2, -0.15) is 0 Å². The Balaban J connectivity index is 0.00000140. The second kappa shape index (κ2) is 8.67. The molecule has 4 rings (SSSR count). The topological polar surface area (TPSA) is 88.1 Å². The van der Waals surface area contributed by atoms with E-state index in [0.29, 0.717) is 22.3 Å². The van der Waals surface area contributed by atoms with Gasteiger partial charge in [0.05, 0.1) is 23.3 Å². The van der Waals surface area contributed by atoms with Gasteiger partial charge in [-0.1, -0.05) is 20.9 Å². The van der Waals surface area contributed by atoms with Crippen molar-refractivity contribution in [2.75, 3.05) is 6.79 Å². The number of benzene rings is 2. The lowest BCUT2D eigenvalue weighted by Crippen LogP contribution is -2.09. The number of hydrogen-bond donors (Lipinski definition) is 0. The summed E-state index contributed by atoms with van der Waals surface area (Å²) >= 11 is 0. The number of fused-ring (bicyclic) bond motifs is 2. The molecule has 0 spiro atoms. The summed E-state index contributed by atoms with van der Waals surface area (Å²) in [7, 11) is 0. The predicted octanol–water partition coefficient (Wildman–Crippen LogP) is 3.63. The molecule has 2 heterocycles. The minimum absolute atomic E-state index is 0. The van der Waals surface area contributed by atoms with Crippen LogP contribution in [-0.4, -0.2) is 24.7 Å². The quantitative estimate of drug-likeness (QED) is 0.335. The van der Waals surface area contributed by atoms with Crippen LogP contribution in [0, 0.1) is 0 Å². The normalized spacial score (nSPS) is 13.4. The molecule has 0 amide bonds. The summed E-state index contributed by atoms with van der Waals surface area (Å²) in [6.07, 6.45) is 0. The molecule has 7 heteroatoms. The summed E-state index contributed by atoms with van der Waals surface area (Å²) in [4.78, 5) is 34.8. The van der Waals surface area contributed by atoms with Crippen LogP contribution in [0.2, 0.25) is 0 Å². The van der Waals surface area contributed by atoms with Crippen LogP contribution in [0.25, 0.3) is 0 Å². The Kier molecular flexibility index (Phi) is 6.53. The zero-order chi connectivity index (χ0) is 18.1. The highest BCUT2D eigenvalue weighted by Crippen LogP contribution is 2.22. The van der Waals surface area contributed by atoms with Crippen LogP contribution >= 0.6 is 0 Å². The Bertz CT molecular complexity index is 917. The maximum atomic E-state index is 12.0. The molecule has 0 aliphatic carbocycles. The molecule has 0 saturated carbocycles. The van der Waals surface area contributed by atoms with Gasteiger partial charge in [-0.05, 0) is 35.9 Å². The number of carbonyl (C=O) groups excluding carboxylic acids is 3. The van der Waals surface area contributed by atoms with Crippen molar-refractivity contribution in [1.29, 1.82) is 0 Å². The van der Waals surface area contributed by atoms with Crippen molar-refractivity contribution in [1.82, 2.24) is 0 Å². The molecule has 148 valence electrons. The molecular weight excluding hydrogens is 364 g/mol. The molecule has 28 heavy (non-hydrogen) atoms. The Morgan fingerprint density at radius 1 is 0.893 bits per heavy atom. The van der Waals surface area contributed by atoms with E-state index < -0.39 is 5.97 Å². The summed E-state index contributed by atoms with van der Waals surface area (Å²) < 4.78 is 20.3. The average molecular weight is 386 g/mol.